The van der Waals surface area contributed by atoms with Crippen LogP contribution in [0.4, 0.5) is 0 Å². The topological polar surface area (TPSA) is 52.6 Å². The molecule has 0 aromatic heterocycles. The molecule has 4 saturated carbocycles. The molecule has 0 radical (unpaired) electrons. The highest BCUT2D eigenvalue weighted by molar-refractivity contribution is 6.74. The van der Waals surface area contributed by atoms with Crippen LogP contribution in [0.15, 0.2) is 0 Å². The fraction of sp³-hybridized carbons (Fsp3) is 0.935. The maximum Gasteiger partial charge on any atom is 0.316 e. The van der Waals surface area contributed by atoms with Crippen molar-refractivity contribution < 1.29 is 18.8 Å². The van der Waals surface area contributed by atoms with E-state index in [0.29, 0.717) is 48.7 Å². The molecule has 4 fully saturated rings. The maximum absolute atomic E-state index is 13.2. The Morgan fingerprint density at radius 2 is 1.61 bits per heavy atom. The Morgan fingerprint density at radius 3 is 2.25 bits per heavy atom. The van der Waals surface area contributed by atoms with Crippen LogP contribution in [0, 0.1) is 46.3 Å². The first-order chi connectivity index (χ1) is 16.6. The molecule has 4 aliphatic rings. The molecule has 0 N–H and O–H groups in total. The fourth-order valence-electron chi connectivity index (χ4n) is 9.27. The smallest absolute Gasteiger partial charge is 0.316 e. The molecule has 206 valence electrons. The van der Waals surface area contributed by atoms with Crippen molar-refractivity contribution in [2.75, 3.05) is 6.61 Å². The van der Waals surface area contributed by atoms with Gasteiger partial charge in [0.15, 0.2) is 8.32 Å². The van der Waals surface area contributed by atoms with Crippen molar-refractivity contribution in [3.63, 3.8) is 0 Å². The molecular weight excluding hydrogens is 464 g/mol. The van der Waals surface area contributed by atoms with E-state index in [-0.39, 0.29) is 22.2 Å². The van der Waals surface area contributed by atoms with Gasteiger partial charge in [0.2, 0.25) is 0 Å². The van der Waals surface area contributed by atoms with Gasteiger partial charge in [-0.1, -0.05) is 34.6 Å². The van der Waals surface area contributed by atoms with E-state index in [4.69, 9.17) is 9.16 Å². The maximum atomic E-state index is 13.2. The molecule has 36 heavy (non-hydrogen) atoms. The molecule has 5 heteroatoms. The van der Waals surface area contributed by atoms with Crippen LogP contribution < -0.4 is 0 Å². The minimum Gasteiger partial charge on any atom is -0.465 e. The van der Waals surface area contributed by atoms with Crippen molar-refractivity contribution in [1.82, 2.24) is 0 Å². The standard InChI is InChI=1S/C31H54O4Si/c1-10-34-28(33)23-11-12-25-21-16-18-31(7)24(20(2)35-36(8,9)29(3,4)5)13-14-26(31)22(21)15-17-30(25,6)19-27(23)32/h20-26H,10-19H2,1-9H3/t20?,21?,22?,23?,24-,25-,26?,30-,31-/m1/s1. The molecule has 0 bridgehead atoms. The van der Waals surface area contributed by atoms with Gasteiger partial charge in [-0.3, -0.25) is 9.59 Å². The SMILES string of the molecule is CCOC(=O)C1CC[C@@H]2C3CC[C@@]4(C)C(CC[C@@H]4C(C)O[Si](C)(C)C(C)(C)C)C3CC[C@]2(C)CC1=O. The monoisotopic (exact) mass is 518 g/mol. The lowest BCUT2D eigenvalue weighted by Gasteiger charge is -2.58. The first kappa shape index (κ1) is 28.3. The summed E-state index contributed by atoms with van der Waals surface area (Å²) in [7, 11) is -1.80. The number of ketones is 1. The summed E-state index contributed by atoms with van der Waals surface area (Å²) in [6.45, 7) is 21.3. The van der Waals surface area contributed by atoms with E-state index in [1.807, 2.05) is 6.92 Å². The predicted octanol–water partition coefficient (Wildman–Crippen LogP) is 7.80. The van der Waals surface area contributed by atoms with Gasteiger partial charge in [0.1, 0.15) is 11.7 Å². The van der Waals surface area contributed by atoms with Crippen LogP contribution in [0.1, 0.15) is 106 Å². The van der Waals surface area contributed by atoms with Gasteiger partial charge in [-0.05, 0) is 124 Å². The molecule has 4 rings (SSSR count). The van der Waals surface area contributed by atoms with Gasteiger partial charge in [0, 0.05) is 12.5 Å². The summed E-state index contributed by atoms with van der Waals surface area (Å²) >= 11 is 0. The van der Waals surface area contributed by atoms with Crippen LogP contribution >= 0.6 is 0 Å². The summed E-state index contributed by atoms with van der Waals surface area (Å²) in [5.74, 6) is 2.76. The number of fused-ring (bicyclic) bond motifs is 5. The minimum atomic E-state index is -1.80. The summed E-state index contributed by atoms with van der Waals surface area (Å²) in [5, 5.41) is 0.240. The van der Waals surface area contributed by atoms with Crippen molar-refractivity contribution in [2.24, 2.45) is 46.3 Å². The van der Waals surface area contributed by atoms with Crippen LogP contribution in [0.5, 0.6) is 0 Å². The summed E-state index contributed by atoms with van der Waals surface area (Å²) in [6, 6.07) is 0. The summed E-state index contributed by atoms with van der Waals surface area (Å²) in [6.07, 6.45) is 10.2. The van der Waals surface area contributed by atoms with Gasteiger partial charge in [-0.25, -0.2) is 0 Å². The van der Waals surface area contributed by atoms with Gasteiger partial charge >= 0.3 is 5.97 Å². The lowest BCUT2D eigenvalue weighted by atomic mass is 9.47. The number of esters is 1. The van der Waals surface area contributed by atoms with Crippen molar-refractivity contribution >= 4 is 20.1 Å². The summed E-state index contributed by atoms with van der Waals surface area (Å²) < 4.78 is 12.3. The predicted molar refractivity (Wildman–Crippen MR) is 148 cm³/mol. The first-order valence-corrected chi connectivity index (χ1v) is 17.9. The normalized spacial score (nSPS) is 42.1. The quantitative estimate of drug-likeness (QED) is 0.212. The van der Waals surface area contributed by atoms with E-state index in [1.54, 1.807) is 0 Å². The molecule has 0 aromatic rings. The van der Waals surface area contributed by atoms with E-state index < -0.39 is 14.2 Å². The average Bonchev–Trinajstić information content (AvgIpc) is 3.04. The third-order valence-corrected chi connectivity index (χ3v) is 16.8. The van der Waals surface area contributed by atoms with Crippen molar-refractivity contribution in [2.45, 2.75) is 130 Å². The van der Waals surface area contributed by atoms with Crippen molar-refractivity contribution in [3.05, 3.63) is 0 Å². The molecular formula is C31H54O4Si. The highest BCUT2D eigenvalue weighted by Gasteiger charge is 2.60. The molecule has 4 nitrogen and oxygen atoms in total. The van der Waals surface area contributed by atoms with E-state index >= 15 is 0 Å². The van der Waals surface area contributed by atoms with Gasteiger partial charge in [0.05, 0.1) is 6.61 Å². The van der Waals surface area contributed by atoms with Crippen LogP contribution in [0.2, 0.25) is 18.1 Å². The van der Waals surface area contributed by atoms with Gasteiger partial charge in [0.25, 0.3) is 0 Å². The van der Waals surface area contributed by atoms with E-state index in [2.05, 4.69) is 54.6 Å². The molecule has 0 amide bonds. The fourth-order valence-corrected chi connectivity index (χ4v) is 10.7. The van der Waals surface area contributed by atoms with Crippen LogP contribution in [0.3, 0.4) is 0 Å². The lowest BCUT2D eigenvalue weighted by molar-refractivity contribution is -0.152. The second kappa shape index (κ2) is 9.81. The number of hydrogen-bond donors (Lipinski definition) is 0. The Labute approximate surface area is 222 Å². The number of Topliss-reactive ketones (excluding diaryl/α,β-unsaturated/α-hetero) is 1. The lowest BCUT2D eigenvalue weighted by Crippen LogP contribution is -2.52. The van der Waals surface area contributed by atoms with Crippen LogP contribution in [-0.2, 0) is 18.8 Å². The Balaban J connectivity index is 1.51. The van der Waals surface area contributed by atoms with Gasteiger partial charge < -0.3 is 9.16 Å². The van der Waals surface area contributed by atoms with E-state index in [9.17, 15) is 9.59 Å². The number of ether oxygens (including phenoxy) is 1. The molecule has 0 aliphatic heterocycles. The zero-order valence-electron chi connectivity index (χ0n) is 24.7. The zero-order chi connectivity index (χ0) is 26.7. The Hall–Kier alpha value is -0.683. The highest BCUT2D eigenvalue weighted by Crippen LogP contribution is 2.67. The van der Waals surface area contributed by atoms with Crippen molar-refractivity contribution in [1.29, 1.82) is 0 Å². The van der Waals surface area contributed by atoms with Crippen LogP contribution in [-0.4, -0.2) is 32.8 Å². The second-order valence-electron chi connectivity index (χ2n) is 15.1. The van der Waals surface area contributed by atoms with Gasteiger partial charge in [-0.15, -0.1) is 0 Å². The minimum absolute atomic E-state index is 0.0456. The van der Waals surface area contributed by atoms with Crippen LogP contribution in [0.25, 0.3) is 0 Å². The number of rotatable bonds is 5. The summed E-state index contributed by atoms with van der Waals surface area (Å²) in [4.78, 5) is 25.7. The van der Waals surface area contributed by atoms with E-state index in [1.165, 1.54) is 32.1 Å². The largest absolute Gasteiger partial charge is 0.465 e. The summed E-state index contributed by atoms with van der Waals surface area (Å²) in [5.41, 5.74) is 0.411. The molecule has 0 aromatic carbocycles. The Morgan fingerprint density at radius 1 is 1.00 bits per heavy atom. The molecule has 4 aliphatic carbocycles. The highest BCUT2D eigenvalue weighted by atomic mass is 28.4. The zero-order valence-corrected chi connectivity index (χ0v) is 25.7. The average molecular weight is 519 g/mol. The molecule has 5 unspecified atom stereocenters. The first-order valence-electron chi connectivity index (χ1n) is 15.0. The molecule has 0 heterocycles. The molecule has 0 saturated heterocycles. The van der Waals surface area contributed by atoms with E-state index in [0.717, 1.165) is 24.7 Å². The van der Waals surface area contributed by atoms with Gasteiger partial charge in [-0.2, -0.15) is 0 Å². The number of carbonyl (C=O) groups excluding carboxylic acids is 2. The molecule has 9 atom stereocenters. The Bertz CT molecular complexity index is 846. The molecule has 0 spiro atoms. The Kier molecular flexibility index (Phi) is 7.72. The third kappa shape index (κ3) is 4.78. The number of carbonyl (C=O) groups is 2. The number of hydrogen-bond acceptors (Lipinski definition) is 4. The third-order valence-electron chi connectivity index (χ3n) is 12.2. The second-order valence-corrected chi connectivity index (χ2v) is 19.8. The van der Waals surface area contributed by atoms with Crippen molar-refractivity contribution in [3.8, 4) is 0 Å².